The van der Waals surface area contributed by atoms with E-state index in [1.807, 2.05) is 67.7 Å². The summed E-state index contributed by atoms with van der Waals surface area (Å²) in [5.74, 6) is -1.42. The van der Waals surface area contributed by atoms with E-state index in [2.05, 4.69) is 10.3 Å². The Balaban J connectivity index is 1.55. The molecule has 1 saturated heterocycles. The summed E-state index contributed by atoms with van der Waals surface area (Å²) < 4.78 is 0. The molecule has 3 atom stereocenters. The van der Waals surface area contributed by atoms with Crippen LogP contribution < -0.4 is 5.32 Å². The van der Waals surface area contributed by atoms with Crippen molar-refractivity contribution in [2.45, 2.75) is 37.8 Å². The Hall–Kier alpha value is -3.28. The number of amides is 2. The highest BCUT2D eigenvalue weighted by Crippen LogP contribution is 2.32. The molecule has 2 aromatic carbocycles. The van der Waals surface area contributed by atoms with Crippen molar-refractivity contribution < 1.29 is 14.7 Å². The number of aromatic nitrogens is 1. The van der Waals surface area contributed by atoms with E-state index < -0.39 is 12.0 Å². The SMILES string of the molecule is C[C@@H](c1c[nH]c2ccccc12)[C@@H](NC(=O)N1CCCC1c1ccccc1)C(=O)O. The molecule has 4 rings (SSSR count). The van der Waals surface area contributed by atoms with Gasteiger partial charge in [0.05, 0.1) is 6.04 Å². The van der Waals surface area contributed by atoms with Crippen LogP contribution in [0.3, 0.4) is 0 Å². The molecule has 0 aliphatic carbocycles. The second kappa shape index (κ2) is 7.99. The second-order valence-corrected chi connectivity index (χ2v) is 7.61. The Labute approximate surface area is 169 Å². The van der Waals surface area contributed by atoms with Crippen molar-refractivity contribution in [3.05, 3.63) is 71.9 Å². The first-order valence-corrected chi connectivity index (χ1v) is 9.97. The highest BCUT2D eigenvalue weighted by atomic mass is 16.4. The first kappa shape index (κ1) is 19.1. The maximum atomic E-state index is 13.0. The van der Waals surface area contributed by atoms with Gasteiger partial charge in [-0.2, -0.15) is 0 Å². The number of aromatic amines is 1. The third-order valence-electron chi connectivity index (χ3n) is 5.85. The van der Waals surface area contributed by atoms with Crippen LogP contribution in [-0.4, -0.2) is 39.6 Å². The number of para-hydroxylation sites is 1. The van der Waals surface area contributed by atoms with Gasteiger partial charge in [0.15, 0.2) is 0 Å². The number of hydrogen-bond acceptors (Lipinski definition) is 2. The fourth-order valence-corrected chi connectivity index (χ4v) is 4.30. The first-order valence-electron chi connectivity index (χ1n) is 9.97. The Morgan fingerprint density at radius 2 is 1.86 bits per heavy atom. The molecular formula is C23H25N3O3. The molecule has 1 aliphatic rings. The molecule has 2 heterocycles. The van der Waals surface area contributed by atoms with Crippen molar-refractivity contribution in [2.24, 2.45) is 0 Å². The molecule has 29 heavy (non-hydrogen) atoms. The van der Waals surface area contributed by atoms with E-state index in [-0.39, 0.29) is 18.0 Å². The molecule has 1 aliphatic heterocycles. The normalized spacial score (nSPS) is 18.5. The average molecular weight is 391 g/mol. The van der Waals surface area contributed by atoms with E-state index >= 15 is 0 Å². The predicted molar refractivity (Wildman–Crippen MR) is 112 cm³/mol. The van der Waals surface area contributed by atoms with Gasteiger partial charge in [0, 0.05) is 29.6 Å². The lowest BCUT2D eigenvalue weighted by Crippen LogP contribution is -2.49. The maximum Gasteiger partial charge on any atom is 0.326 e. The summed E-state index contributed by atoms with van der Waals surface area (Å²) in [6, 6.07) is 16.3. The van der Waals surface area contributed by atoms with E-state index in [1.54, 1.807) is 4.90 Å². The van der Waals surface area contributed by atoms with Crippen LogP contribution in [-0.2, 0) is 4.79 Å². The van der Waals surface area contributed by atoms with Crippen LogP contribution in [0.15, 0.2) is 60.8 Å². The minimum Gasteiger partial charge on any atom is -0.480 e. The molecule has 0 radical (unpaired) electrons. The van der Waals surface area contributed by atoms with Gasteiger partial charge >= 0.3 is 12.0 Å². The summed E-state index contributed by atoms with van der Waals surface area (Å²) in [6.07, 6.45) is 3.62. The summed E-state index contributed by atoms with van der Waals surface area (Å²) in [4.78, 5) is 30.0. The summed E-state index contributed by atoms with van der Waals surface area (Å²) in [7, 11) is 0. The highest BCUT2D eigenvalue weighted by molar-refractivity contribution is 5.87. The molecule has 1 aromatic heterocycles. The van der Waals surface area contributed by atoms with Crippen molar-refractivity contribution in [2.75, 3.05) is 6.54 Å². The predicted octanol–water partition coefficient (Wildman–Crippen LogP) is 4.27. The van der Waals surface area contributed by atoms with Gasteiger partial charge in [0.1, 0.15) is 6.04 Å². The average Bonchev–Trinajstić information content (AvgIpc) is 3.39. The smallest absolute Gasteiger partial charge is 0.326 e. The van der Waals surface area contributed by atoms with Crippen molar-refractivity contribution in [1.82, 2.24) is 15.2 Å². The number of fused-ring (bicyclic) bond motifs is 1. The third kappa shape index (κ3) is 3.70. The molecule has 1 unspecified atom stereocenters. The van der Waals surface area contributed by atoms with Crippen LogP contribution in [0, 0.1) is 0 Å². The van der Waals surface area contributed by atoms with Crippen LogP contribution in [0.1, 0.15) is 42.9 Å². The summed E-state index contributed by atoms with van der Waals surface area (Å²) in [5.41, 5.74) is 2.92. The Bertz CT molecular complexity index is 1010. The number of urea groups is 1. The van der Waals surface area contributed by atoms with Crippen LogP contribution in [0.4, 0.5) is 4.79 Å². The van der Waals surface area contributed by atoms with Crippen LogP contribution in [0.2, 0.25) is 0 Å². The molecule has 0 bridgehead atoms. The van der Waals surface area contributed by atoms with Crippen LogP contribution in [0.5, 0.6) is 0 Å². The van der Waals surface area contributed by atoms with Gasteiger partial charge in [-0.25, -0.2) is 9.59 Å². The lowest BCUT2D eigenvalue weighted by atomic mass is 9.93. The molecular weight excluding hydrogens is 366 g/mol. The Morgan fingerprint density at radius 3 is 2.62 bits per heavy atom. The van der Waals surface area contributed by atoms with Gasteiger partial charge in [-0.1, -0.05) is 55.5 Å². The lowest BCUT2D eigenvalue weighted by Gasteiger charge is -2.29. The Kier molecular flexibility index (Phi) is 5.25. The van der Waals surface area contributed by atoms with E-state index in [0.29, 0.717) is 6.54 Å². The lowest BCUT2D eigenvalue weighted by molar-refractivity contribution is -0.139. The molecule has 3 aromatic rings. The highest BCUT2D eigenvalue weighted by Gasteiger charge is 2.35. The quantitative estimate of drug-likeness (QED) is 0.607. The van der Waals surface area contributed by atoms with Gasteiger partial charge < -0.3 is 20.3 Å². The number of nitrogens with one attached hydrogen (secondary N) is 2. The van der Waals surface area contributed by atoms with E-state index in [4.69, 9.17) is 0 Å². The minimum absolute atomic E-state index is 0.0194. The summed E-state index contributed by atoms with van der Waals surface area (Å²) in [6.45, 7) is 2.46. The molecule has 150 valence electrons. The van der Waals surface area contributed by atoms with Gasteiger partial charge in [0.2, 0.25) is 0 Å². The monoisotopic (exact) mass is 391 g/mol. The fraction of sp³-hybridized carbons (Fsp3) is 0.304. The van der Waals surface area contributed by atoms with Crippen LogP contribution >= 0.6 is 0 Å². The van der Waals surface area contributed by atoms with Crippen molar-refractivity contribution in [3.8, 4) is 0 Å². The molecule has 0 saturated carbocycles. The number of aliphatic carboxylic acids is 1. The van der Waals surface area contributed by atoms with Gasteiger partial charge in [-0.05, 0) is 30.0 Å². The molecule has 3 N–H and O–H groups in total. The van der Waals surface area contributed by atoms with Crippen molar-refractivity contribution in [3.63, 3.8) is 0 Å². The number of carbonyl (C=O) groups is 2. The fourth-order valence-electron chi connectivity index (χ4n) is 4.30. The van der Waals surface area contributed by atoms with E-state index in [1.165, 1.54) is 0 Å². The second-order valence-electron chi connectivity index (χ2n) is 7.61. The zero-order valence-corrected chi connectivity index (χ0v) is 16.3. The zero-order chi connectivity index (χ0) is 20.4. The summed E-state index contributed by atoms with van der Waals surface area (Å²) >= 11 is 0. The number of carboxylic acid groups (broad SMARTS) is 1. The van der Waals surface area contributed by atoms with Crippen molar-refractivity contribution in [1.29, 1.82) is 0 Å². The minimum atomic E-state index is -1.04. The van der Waals surface area contributed by atoms with E-state index in [0.717, 1.165) is 34.9 Å². The molecule has 1 fully saturated rings. The molecule has 0 spiro atoms. The van der Waals surface area contributed by atoms with Crippen molar-refractivity contribution >= 4 is 22.9 Å². The standard InChI is InChI=1S/C23H25N3O3/c1-15(18-14-24-19-11-6-5-10-17(18)19)21(22(27)28)25-23(29)26-13-7-12-20(26)16-8-3-2-4-9-16/h2-6,8-11,14-15,20-21,24H,7,12-13H2,1H3,(H,25,29)(H,27,28)/t15-,20?,21+/m0/s1. The largest absolute Gasteiger partial charge is 0.480 e. The number of benzene rings is 2. The number of likely N-dealkylation sites (tertiary alicyclic amines) is 1. The molecule has 2 amide bonds. The number of nitrogens with zero attached hydrogens (tertiary/aromatic N) is 1. The number of H-pyrrole nitrogens is 1. The summed E-state index contributed by atoms with van der Waals surface area (Å²) in [5, 5.41) is 13.6. The third-order valence-corrected chi connectivity index (χ3v) is 5.85. The topological polar surface area (TPSA) is 85.4 Å². The maximum absolute atomic E-state index is 13.0. The van der Waals surface area contributed by atoms with E-state index in [9.17, 15) is 14.7 Å². The van der Waals surface area contributed by atoms with Gasteiger partial charge in [-0.15, -0.1) is 0 Å². The number of carbonyl (C=O) groups excluding carboxylic acids is 1. The number of carboxylic acids is 1. The van der Waals surface area contributed by atoms with Gasteiger partial charge in [0.25, 0.3) is 0 Å². The first-order chi connectivity index (χ1) is 14.1. The zero-order valence-electron chi connectivity index (χ0n) is 16.3. The van der Waals surface area contributed by atoms with Gasteiger partial charge in [-0.3, -0.25) is 0 Å². The molecule has 6 nitrogen and oxygen atoms in total. The molecule has 6 heteroatoms. The number of hydrogen-bond donors (Lipinski definition) is 3. The van der Waals surface area contributed by atoms with Crippen LogP contribution in [0.25, 0.3) is 10.9 Å². The Morgan fingerprint density at radius 1 is 1.14 bits per heavy atom. The number of rotatable bonds is 5.